The summed E-state index contributed by atoms with van der Waals surface area (Å²) in [5.41, 5.74) is 1.70. The highest BCUT2D eigenvalue weighted by atomic mass is 16.3. The molecule has 0 amide bonds. The van der Waals surface area contributed by atoms with Crippen LogP contribution in [0.3, 0.4) is 0 Å². The molecule has 0 aliphatic heterocycles. The second-order valence-corrected chi connectivity index (χ2v) is 5.24. The van der Waals surface area contributed by atoms with Crippen molar-refractivity contribution in [3.05, 3.63) is 60.2 Å². The number of hydrogen-bond donors (Lipinski definition) is 2. The van der Waals surface area contributed by atoms with Gasteiger partial charge in [-0.3, -0.25) is 10.1 Å². The quantitative estimate of drug-likeness (QED) is 0.702. The van der Waals surface area contributed by atoms with Crippen LogP contribution >= 0.6 is 0 Å². The van der Waals surface area contributed by atoms with Gasteiger partial charge in [0.1, 0.15) is 5.76 Å². The number of benzene rings is 1. The molecule has 2 atom stereocenters. The highest BCUT2D eigenvalue weighted by Gasteiger charge is 2.21. The van der Waals surface area contributed by atoms with Crippen molar-refractivity contribution in [2.75, 3.05) is 0 Å². The molecule has 3 aromatic rings. The maximum atomic E-state index is 12.6. The fourth-order valence-corrected chi connectivity index (χ4v) is 2.58. The van der Waals surface area contributed by atoms with Gasteiger partial charge in [0.25, 0.3) is 0 Å². The Morgan fingerprint density at radius 1 is 1.19 bits per heavy atom. The van der Waals surface area contributed by atoms with Gasteiger partial charge in [0.15, 0.2) is 5.78 Å². The minimum absolute atomic E-state index is 0.0100. The molecule has 0 aliphatic rings. The highest BCUT2D eigenvalue weighted by Crippen LogP contribution is 2.20. The van der Waals surface area contributed by atoms with Gasteiger partial charge in [-0.25, -0.2) is 0 Å². The largest absolute Gasteiger partial charge is 0.468 e. The SMILES string of the molecule is C[C@@H](N[C@H](C)c1ccco1)C(=O)c1c[nH]c2ccccc12. The zero-order valence-electron chi connectivity index (χ0n) is 12.1. The lowest BCUT2D eigenvalue weighted by Gasteiger charge is -2.17. The van der Waals surface area contributed by atoms with Crippen molar-refractivity contribution in [3.63, 3.8) is 0 Å². The maximum absolute atomic E-state index is 12.6. The van der Waals surface area contributed by atoms with Crippen LogP contribution in [0.1, 0.15) is 36.0 Å². The van der Waals surface area contributed by atoms with Gasteiger partial charge in [-0.05, 0) is 32.0 Å². The third-order valence-electron chi connectivity index (χ3n) is 3.72. The number of hydrogen-bond acceptors (Lipinski definition) is 3. The summed E-state index contributed by atoms with van der Waals surface area (Å²) < 4.78 is 5.36. The smallest absolute Gasteiger partial charge is 0.181 e. The number of nitrogens with one attached hydrogen (secondary N) is 2. The lowest BCUT2D eigenvalue weighted by atomic mass is 10.0. The molecule has 3 rings (SSSR count). The topological polar surface area (TPSA) is 58.0 Å². The van der Waals surface area contributed by atoms with Gasteiger partial charge in [0.2, 0.25) is 0 Å². The summed E-state index contributed by atoms with van der Waals surface area (Å²) in [4.78, 5) is 15.7. The van der Waals surface area contributed by atoms with Crippen LogP contribution in [0.2, 0.25) is 0 Å². The van der Waals surface area contributed by atoms with Crippen LogP contribution in [0.5, 0.6) is 0 Å². The predicted octanol–water partition coefficient (Wildman–Crippen LogP) is 3.68. The number of rotatable bonds is 5. The number of furan rings is 1. The first-order valence-corrected chi connectivity index (χ1v) is 7.06. The van der Waals surface area contributed by atoms with E-state index < -0.39 is 0 Å². The summed E-state index contributed by atoms with van der Waals surface area (Å²) in [6.45, 7) is 3.86. The third kappa shape index (κ3) is 2.62. The van der Waals surface area contributed by atoms with E-state index in [-0.39, 0.29) is 17.9 Å². The van der Waals surface area contributed by atoms with Crippen LogP contribution in [0, 0.1) is 0 Å². The Morgan fingerprint density at radius 2 is 2.00 bits per heavy atom. The normalized spacial score (nSPS) is 14.2. The summed E-state index contributed by atoms with van der Waals surface area (Å²) in [6.07, 6.45) is 3.42. The molecule has 4 heteroatoms. The average Bonchev–Trinajstić information content (AvgIpc) is 3.15. The van der Waals surface area contributed by atoms with Crippen LogP contribution in [0.4, 0.5) is 0 Å². The fraction of sp³-hybridized carbons (Fsp3) is 0.235. The van der Waals surface area contributed by atoms with Crippen LogP contribution in [0.15, 0.2) is 53.3 Å². The monoisotopic (exact) mass is 282 g/mol. The molecule has 0 fully saturated rings. The summed E-state index contributed by atoms with van der Waals surface area (Å²) >= 11 is 0. The van der Waals surface area contributed by atoms with Gasteiger partial charge in [0.05, 0.1) is 18.3 Å². The Bertz CT molecular complexity index is 743. The van der Waals surface area contributed by atoms with Gasteiger partial charge in [-0.2, -0.15) is 0 Å². The Hall–Kier alpha value is -2.33. The van der Waals surface area contributed by atoms with E-state index in [4.69, 9.17) is 4.42 Å². The molecule has 2 N–H and O–H groups in total. The van der Waals surface area contributed by atoms with Crippen molar-refractivity contribution in [2.24, 2.45) is 0 Å². The number of aromatic nitrogens is 1. The van der Waals surface area contributed by atoms with E-state index in [9.17, 15) is 4.79 Å². The number of aromatic amines is 1. The van der Waals surface area contributed by atoms with Crippen LogP contribution in [-0.4, -0.2) is 16.8 Å². The minimum atomic E-state index is -0.288. The molecule has 2 aromatic heterocycles. The predicted molar refractivity (Wildman–Crippen MR) is 82.3 cm³/mol. The zero-order chi connectivity index (χ0) is 14.8. The molecule has 2 heterocycles. The second-order valence-electron chi connectivity index (χ2n) is 5.24. The molecule has 4 nitrogen and oxygen atoms in total. The van der Waals surface area contributed by atoms with Crippen LogP contribution in [0.25, 0.3) is 10.9 Å². The average molecular weight is 282 g/mol. The summed E-state index contributed by atoms with van der Waals surface area (Å²) in [6, 6.07) is 11.3. The second kappa shape index (κ2) is 5.58. The molecule has 1 aromatic carbocycles. The zero-order valence-corrected chi connectivity index (χ0v) is 12.1. The van der Waals surface area contributed by atoms with Gasteiger partial charge in [0, 0.05) is 22.7 Å². The van der Waals surface area contributed by atoms with Crippen LogP contribution in [-0.2, 0) is 0 Å². The molecule has 0 saturated heterocycles. The van der Waals surface area contributed by atoms with E-state index in [2.05, 4.69) is 10.3 Å². The Balaban J connectivity index is 1.78. The van der Waals surface area contributed by atoms with E-state index in [1.165, 1.54) is 0 Å². The number of carbonyl (C=O) groups is 1. The molecular formula is C17H18N2O2. The number of para-hydroxylation sites is 1. The Kier molecular flexibility index (Phi) is 3.62. The molecule has 0 unspecified atom stereocenters. The molecule has 0 aliphatic carbocycles. The van der Waals surface area contributed by atoms with E-state index in [1.54, 1.807) is 12.5 Å². The van der Waals surface area contributed by atoms with Crippen LogP contribution < -0.4 is 5.32 Å². The molecule has 0 radical (unpaired) electrons. The molecule has 0 bridgehead atoms. The van der Waals surface area contributed by atoms with Crippen molar-refractivity contribution < 1.29 is 9.21 Å². The van der Waals surface area contributed by atoms with Crippen molar-refractivity contribution in [3.8, 4) is 0 Å². The number of ketones is 1. The number of H-pyrrole nitrogens is 1. The number of Topliss-reactive ketones (excluding diaryl/α,β-unsaturated/α-hetero) is 1. The van der Waals surface area contributed by atoms with Crippen molar-refractivity contribution in [1.82, 2.24) is 10.3 Å². The fourth-order valence-electron chi connectivity index (χ4n) is 2.58. The van der Waals surface area contributed by atoms with E-state index in [1.807, 2.05) is 50.2 Å². The molecule has 0 spiro atoms. The summed E-state index contributed by atoms with van der Waals surface area (Å²) in [5, 5.41) is 4.24. The van der Waals surface area contributed by atoms with Crippen molar-refractivity contribution in [2.45, 2.75) is 25.9 Å². The first-order chi connectivity index (χ1) is 10.2. The first kappa shape index (κ1) is 13.6. The third-order valence-corrected chi connectivity index (χ3v) is 3.72. The number of carbonyl (C=O) groups excluding carboxylic acids is 1. The van der Waals surface area contributed by atoms with Gasteiger partial charge < -0.3 is 9.40 Å². The van der Waals surface area contributed by atoms with E-state index in [0.29, 0.717) is 0 Å². The standard InChI is InChI=1S/C17H18N2O2/c1-11(16-8-5-9-21-16)19-12(2)17(20)14-10-18-15-7-4-3-6-13(14)15/h3-12,18-19H,1-2H3/t11-,12-/m1/s1. The summed E-state index contributed by atoms with van der Waals surface area (Å²) in [7, 11) is 0. The Morgan fingerprint density at radius 3 is 2.76 bits per heavy atom. The van der Waals surface area contributed by atoms with E-state index in [0.717, 1.165) is 22.2 Å². The Labute approximate surface area is 123 Å². The molecular weight excluding hydrogens is 264 g/mol. The highest BCUT2D eigenvalue weighted by molar-refractivity contribution is 6.10. The van der Waals surface area contributed by atoms with Crippen molar-refractivity contribution >= 4 is 16.7 Å². The summed E-state index contributed by atoms with van der Waals surface area (Å²) in [5.74, 6) is 0.902. The minimum Gasteiger partial charge on any atom is -0.468 e. The molecule has 0 saturated carbocycles. The maximum Gasteiger partial charge on any atom is 0.181 e. The lowest BCUT2D eigenvalue weighted by molar-refractivity contribution is 0.0945. The molecule has 108 valence electrons. The van der Waals surface area contributed by atoms with Crippen molar-refractivity contribution in [1.29, 1.82) is 0 Å². The first-order valence-electron chi connectivity index (χ1n) is 7.06. The van der Waals surface area contributed by atoms with Gasteiger partial charge >= 0.3 is 0 Å². The van der Waals surface area contributed by atoms with E-state index >= 15 is 0 Å². The van der Waals surface area contributed by atoms with Gasteiger partial charge in [-0.1, -0.05) is 18.2 Å². The number of fused-ring (bicyclic) bond motifs is 1. The molecule has 21 heavy (non-hydrogen) atoms. The van der Waals surface area contributed by atoms with Gasteiger partial charge in [-0.15, -0.1) is 0 Å². The lowest BCUT2D eigenvalue weighted by Crippen LogP contribution is -2.35.